The molecule has 130 valence electrons. The molecule has 1 fully saturated rings. The lowest BCUT2D eigenvalue weighted by molar-refractivity contribution is -0.0304. The summed E-state index contributed by atoms with van der Waals surface area (Å²) in [6.07, 6.45) is 3.12. The molecule has 0 aromatic carbocycles. The van der Waals surface area contributed by atoms with Gasteiger partial charge in [-0.1, -0.05) is 0 Å². The summed E-state index contributed by atoms with van der Waals surface area (Å²) in [7, 11) is 0. The van der Waals surface area contributed by atoms with Gasteiger partial charge in [0.15, 0.2) is 5.82 Å². The molecule has 1 saturated heterocycles. The number of rotatable bonds is 4. The first kappa shape index (κ1) is 16.9. The fourth-order valence-corrected chi connectivity index (χ4v) is 2.95. The Balaban J connectivity index is 1.97. The Morgan fingerprint density at radius 1 is 1.60 bits per heavy atom. The number of anilines is 2. The minimum absolute atomic E-state index is 0.145. The van der Waals surface area contributed by atoms with Gasteiger partial charge in [0, 0.05) is 30.8 Å². The number of carbonyl (C=O) groups is 1. The molecule has 0 spiro atoms. The first-order chi connectivity index (χ1) is 12.0. The highest BCUT2D eigenvalue weighted by Gasteiger charge is 2.34. The zero-order valence-electron chi connectivity index (χ0n) is 13.5. The van der Waals surface area contributed by atoms with Gasteiger partial charge < -0.3 is 15.8 Å². The summed E-state index contributed by atoms with van der Waals surface area (Å²) in [6, 6.07) is 4.63. The minimum Gasteiger partial charge on any atom is -0.376 e. The molecule has 1 amide bonds. The van der Waals surface area contributed by atoms with Crippen molar-refractivity contribution in [2.45, 2.75) is 25.5 Å². The fourth-order valence-electron chi connectivity index (χ4n) is 2.95. The van der Waals surface area contributed by atoms with Crippen LogP contribution in [0.2, 0.25) is 0 Å². The summed E-state index contributed by atoms with van der Waals surface area (Å²) in [5.41, 5.74) is 5.95. The van der Waals surface area contributed by atoms with E-state index in [2.05, 4.69) is 21.5 Å². The van der Waals surface area contributed by atoms with Gasteiger partial charge in [-0.15, -0.1) is 0 Å². The number of ether oxygens (including phenoxy) is 1. The molecule has 0 saturated carbocycles. The smallest absolute Gasteiger partial charge is 0.254 e. The van der Waals surface area contributed by atoms with Crippen molar-refractivity contribution in [1.82, 2.24) is 14.8 Å². The molecule has 8 nitrogen and oxygen atoms in total. The van der Waals surface area contributed by atoms with Crippen LogP contribution in [0, 0.1) is 23.2 Å². The molecule has 3 heterocycles. The maximum Gasteiger partial charge on any atom is 0.254 e. The fraction of sp³-hybridized carbons (Fsp3) is 0.375. The maximum atomic E-state index is 13.3. The van der Waals surface area contributed by atoms with Gasteiger partial charge in [0.2, 0.25) is 5.95 Å². The monoisotopic (exact) mass is 344 g/mol. The van der Waals surface area contributed by atoms with Crippen molar-refractivity contribution < 1.29 is 13.9 Å². The van der Waals surface area contributed by atoms with Gasteiger partial charge in [-0.3, -0.25) is 9.48 Å². The molecule has 3 atom stereocenters. The van der Waals surface area contributed by atoms with Crippen LogP contribution in [0.4, 0.5) is 15.9 Å². The summed E-state index contributed by atoms with van der Waals surface area (Å²) in [4.78, 5) is 15.2. The van der Waals surface area contributed by atoms with Crippen LogP contribution in [0.5, 0.6) is 0 Å². The molecule has 1 unspecified atom stereocenters. The molecule has 25 heavy (non-hydrogen) atoms. The number of primary amides is 1. The van der Waals surface area contributed by atoms with Crippen LogP contribution in [-0.4, -0.2) is 33.4 Å². The molecule has 3 rings (SSSR count). The van der Waals surface area contributed by atoms with E-state index in [1.165, 1.54) is 29.2 Å². The number of nitrogens with zero attached hydrogens (tertiary/aromatic N) is 4. The second kappa shape index (κ2) is 6.86. The van der Waals surface area contributed by atoms with E-state index in [9.17, 15) is 14.4 Å². The van der Waals surface area contributed by atoms with E-state index < -0.39 is 11.9 Å². The molecule has 0 aliphatic carbocycles. The number of hydrogen-bond donors (Lipinski definition) is 2. The van der Waals surface area contributed by atoms with E-state index >= 15 is 0 Å². The van der Waals surface area contributed by atoms with Crippen LogP contribution in [0.25, 0.3) is 0 Å². The third kappa shape index (κ3) is 3.44. The van der Waals surface area contributed by atoms with Crippen molar-refractivity contribution in [2.24, 2.45) is 11.7 Å². The largest absolute Gasteiger partial charge is 0.376 e. The van der Waals surface area contributed by atoms with E-state index in [0.717, 1.165) is 0 Å². The second-order valence-corrected chi connectivity index (χ2v) is 5.82. The minimum atomic E-state index is -0.679. The Morgan fingerprint density at radius 3 is 3.08 bits per heavy atom. The molecule has 1 aliphatic heterocycles. The molecule has 0 radical (unpaired) electrons. The predicted octanol–water partition coefficient (Wildman–Crippen LogP) is 1.75. The van der Waals surface area contributed by atoms with Crippen molar-refractivity contribution in [1.29, 1.82) is 5.26 Å². The van der Waals surface area contributed by atoms with E-state index in [4.69, 9.17) is 10.5 Å². The summed E-state index contributed by atoms with van der Waals surface area (Å²) in [5, 5.41) is 16.6. The lowest BCUT2D eigenvalue weighted by Crippen LogP contribution is -2.36. The Hall–Kier alpha value is -2.99. The number of hydrogen-bond acceptors (Lipinski definition) is 6. The number of amides is 1. The lowest BCUT2D eigenvalue weighted by atomic mass is 9.92. The van der Waals surface area contributed by atoms with E-state index in [1.54, 1.807) is 0 Å². The van der Waals surface area contributed by atoms with Crippen molar-refractivity contribution in [3.05, 3.63) is 36.0 Å². The summed E-state index contributed by atoms with van der Waals surface area (Å²) >= 11 is 0. The van der Waals surface area contributed by atoms with E-state index in [0.29, 0.717) is 18.7 Å². The third-order valence-electron chi connectivity index (χ3n) is 4.16. The van der Waals surface area contributed by atoms with Crippen LogP contribution in [0.1, 0.15) is 29.7 Å². The van der Waals surface area contributed by atoms with Crippen molar-refractivity contribution >= 4 is 17.4 Å². The van der Waals surface area contributed by atoms with Crippen molar-refractivity contribution in [3.8, 4) is 6.07 Å². The first-order valence-electron chi connectivity index (χ1n) is 7.78. The van der Waals surface area contributed by atoms with Crippen LogP contribution in [0.15, 0.2) is 24.5 Å². The van der Waals surface area contributed by atoms with Gasteiger partial charge in [0.25, 0.3) is 5.91 Å². The highest BCUT2D eigenvalue weighted by atomic mass is 19.1. The van der Waals surface area contributed by atoms with Gasteiger partial charge >= 0.3 is 0 Å². The number of nitrogens with two attached hydrogens (primary N) is 1. The molecular formula is C16H17FN6O2. The van der Waals surface area contributed by atoms with Crippen LogP contribution in [0.3, 0.4) is 0 Å². The van der Waals surface area contributed by atoms with Crippen molar-refractivity contribution in [3.63, 3.8) is 0 Å². The zero-order chi connectivity index (χ0) is 18.0. The molecule has 3 N–H and O–H groups in total. The standard InChI is InChI=1S/C16H17FN6O2/c1-9-14(10(7-18)3-5-25-9)23-8-12(15(19)24)16(22-23)21-11-2-4-20-13(17)6-11/h2,4,6,8-10,14H,3,5H2,1H3,(H2,19,24)(H,20,21,22)/t9-,10+,14?/m1/s1. The molecule has 1 aliphatic rings. The van der Waals surface area contributed by atoms with Gasteiger partial charge in [-0.05, 0) is 19.4 Å². The van der Waals surface area contributed by atoms with Gasteiger partial charge in [-0.25, -0.2) is 4.98 Å². The molecule has 0 bridgehead atoms. The topological polar surface area (TPSA) is 119 Å². The number of nitriles is 1. The van der Waals surface area contributed by atoms with Crippen molar-refractivity contribution in [2.75, 3.05) is 11.9 Å². The Kier molecular flexibility index (Phi) is 4.63. The molecular weight excluding hydrogens is 327 g/mol. The van der Waals surface area contributed by atoms with Gasteiger partial charge in [-0.2, -0.15) is 14.8 Å². The summed E-state index contributed by atoms with van der Waals surface area (Å²) in [5.74, 6) is -1.45. The van der Waals surface area contributed by atoms with Gasteiger partial charge in [0.05, 0.1) is 24.1 Å². The highest BCUT2D eigenvalue weighted by Crippen LogP contribution is 2.32. The molecule has 2 aromatic rings. The maximum absolute atomic E-state index is 13.3. The molecule has 2 aromatic heterocycles. The van der Waals surface area contributed by atoms with Gasteiger partial charge in [0.1, 0.15) is 5.56 Å². The Labute approximate surface area is 143 Å². The third-order valence-corrected chi connectivity index (χ3v) is 4.16. The normalized spacial score (nSPS) is 23.0. The zero-order valence-corrected chi connectivity index (χ0v) is 13.5. The Bertz CT molecular complexity index is 830. The summed E-state index contributed by atoms with van der Waals surface area (Å²) < 4.78 is 20.4. The highest BCUT2D eigenvalue weighted by molar-refractivity contribution is 5.98. The molecule has 9 heteroatoms. The number of carbonyl (C=O) groups excluding carboxylic acids is 1. The first-order valence-corrected chi connectivity index (χ1v) is 7.78. The number of nitrogens with one attached hydrogen (secondary N) is 1. The number of halogens is 1. The SMILES string of the molecule is C[C@H]1OCC[C@@H](C#N)C1n1cc(C(N)=O)c(Nc2ccnc(F)c2)n1. The average molecular weight is 344 g/mol. The Morgan fingerprint density at radius 2 is 2.40 bits per heavy atom. The number of pyridine rings is 1. The van der Waals surface area contributed by atoms with E-state index in [-0.39, 0.29) is 29.4 Å². The second-order valence-electron chi connectivity index (χ2n) is 5.82. The summed E-state index contributed by atoms with van der Waals surface area (Å²) in [6.45, 7) is 2.35. The van der Waals surface area contributed by atoms with E-state index in [1.807, 2.05) is 6.92 Å². The number of aromatic nitrogens is 3. The quantitative estimate of drug-likeness (QED) is 0.816. The lowest BCUT2D eigenvalue weighted by Gasteiger charge is -2.32. The van der Waals surface area contributed by atoms with Crippen LogP contribution in [-0.2, 0) is 4.74 Å². The van der Waals surface area contributed by atoms with Crippen LogP contribution < -0.4 is 11.1 Å². The average Bonchev–Trinajstić information content (AvgIpc) is 2.98. The predicted molar refractivity (Wildman–Crippen MR) is 86.4 cm³/mol. The van der Waals surface area contributed by atoms with Crippen LogP contribution >= 0.6 is 0 Å².